The monoisotopic (exact) mass is 490 g/mol. The largest absolute Gasteiger partial charge is 0.434 e. The Kier molecular flexibility index (Phi) is 5.44. The Bertz CT molecular complexity index is 1450. The summed E-state index contributed by atoms with van der Waals surface area (Å²) in [6.07, 6.45) is 2.27. The van der Waals surface area contributed by atoms with Crippen LogP contribution in [0.2, 0.25) is 0 Å². The molecule has 2 aromatic heterocycles. The Morgan fingerprint density at radius 1 is 1.11 bits per heavy atom. The van der Waals surface area contributed by atoms with E-state index in [1.54, 1.807) is 35.4 Å². The number of halogens is 2. The molecule has 0 atom stereocenters. The minimum atomic E-state index is -2.89. The van der Waals surface area contributed by atoms with Crippen LogP contribution in [-0.2, 0) is 16.1 Å². The van der Waals surface area contributed by atoms with Crippen molar-refractivity contribution in [2.45, 2.75) is 26.5 Å². The van der Waals surface area contributed by atoms with Crippen molar-refractivity contribution in [2.24, 2.45) is 5.41 Å². The second-order valence-electron chi connectivity index (χ2n) is 9.49. The highest BCUT2D eigenvalue weighted by molar-refractivity contribution is 5.96. The number of alkyl halides is 2. The maximum absolute atomic E-state index is 12.9. The normalized spacial score (nSPS) is 16.8. The number of ether oxygens (including phenoxy) is 2. The summed E-state index contributed by atoms with van der Waals surface area (Å²) in [6, 6.07) is 16.5. The Hall–Kier alpha value is -3.85. The van der Waals surface area contributed by atoms with Crippen LogP contribution in [0.15, 0.2) is 60.8 Å². The first-order chi connectivity index (χ1) is 17.4. The molecule has 0 bridgehead atoms. The van der Waals surface area contributed by atoms with E-state index in [9.17, 15) is 13.6 Å². The number of nitrogens with zero attached hydrogens (tertiary/aromatic N) is 4. The lowest BCUT2D eigenvalue weighted by molar-refractivity contribution is -0.126. The van der Waals surface area contributed by atoms with E-state index in [0.717, 1.165) is 28.0 Å². The molecule has 2 fully saturated rings. The van der Waals surface area contributed by atoms with E-state index in [2.05, 4.69) is 9.97 Å². The first-order valence-electron chi connectivity index (χ1n) is 11.7. The van der Waals surface area contributed by atoms with E-state index in [1.165, 1.54) is 0 Å². The van der Waals surface area contributed by atoms with Crippen molar-refractivity contribution in [1.29, 1.82) is 0 Å². The Balaban J connectivity index is 1.29. The minimum Gasteiger partial charge on any atom is -0.434 e. The van der Waals surface area contributed by atoms with Gasteiger partial charge in [0.2, 0.25) is 5.91 Å². The van der Waals surface area contributed by atoms with E-state index in [1.807, 2.05) is 41.8 Å². The van der Waals surface area contributed by atoms with Crippen molar-refractivity contribution in [3.63, 3.8) is 0 Å². The molecule has 2 aliphatic rings. The summed E-state index contributed by atoms with van der Waals surface area (Å²) < 4.78 is 37.8. The van der Waals surface area contributed by atoms with Gasteiger partial charge in [-0.15, -0.1) is 0 Å². The Labute approximate surface area is 206 Å². The molecule has 7 nitrogen and oxygen atoms in total. The first kappa shape index (κ1) is 22.6. The molecule has 2 aromatic carbocycles. The molecule has 2 saturated heterocycles. The molecule has 0 aliphatic carbocycles. The lowest BCUT2D eigenvalue weighted by Gasteiger charge is -2.36. The quantitative estimate of drug-likeness (QED) is 0.388. The molecule has 0 radical (unpaired) electrons. The maximum Gasteiger partial charge on any atom is 0.387 e. The van der Waals surface area contributed by atoms with Crippen molar-refractivity contribution in [2.75, 3.05) is 24.7 Å². The number of pyridine rings is 1. The van der Waals surface area contributed by atoms with Crippen LogP contribution in [0.25, 0.3) is 22.2 Å². The van der Waals surface area contributed by atoms with Gasteiger partial charge in [-0.05, 0) is 42.8 Å². The second-order valence-corrected chi connectivity index (χ2v) is 9.49. The highest BCUT2D eigenvalue weighted by Gasteiger charge is 2.49. The highest BCUT2D eigenvalue weighted by atomic mass is 19.3. The molecule has 0 N–H and O–H groups in total. The number of benzene rings is 2. The summed E-state index contributed by atoms with van der Waals surface area (Å²) in [7, 11) is 0. The van der Waals surface area contributed by atoms with Gasteiger partial charge in [0.1, 0.15) is 17.4 Å². The molecule has 0 saturated carbocycles. The molecular weight excluding hydrogens is 466 g/mol. The fraction of sp³-hybridized carbons (Fsp3) is 0.296. The van der Waals surface area contributed by atoms with Gasteiger partial charge in [0.15, 0.2) is 0 Å². The third-order valence-corrected chi connectivity index (χ3v) is 6.95. The van der Waals surface area contributed by atoms with E-state index < -0.39 is 6.61 Å². The number of rotatable bonds is 6. The van der Waals surface area contributed by atoms with Crippen LogP contribution < -0.4 is 9.64 Å². The number of fused-ring (bicyclic) bond motifs is 1. The number of aromatic nitrogens is 3. The van der Waals surface area contributed by atoms with E-state index in [4.69, 9.17) is 9.47 Å². The SMILES string of the molecule is Cc1nc2ccc(-c3ccc(N4CC5(COC5)CC4=O)nc3)cc2n1Cc1ccccc1OC(F)F. The molecule has 36 heavy (non-hydrogen) atoms. The summed E-state index contributed by atoms with van der Waals surface area (Å²) in [4.78, 5) is 23.5. The molecule has 6 rings (SSSR count). The van der Waals surface area contributed by atoms with E-state index >= 15 is 0 Å². The van der Waals surface area contributed by atoms with Gasteiger partial charge in [-0.2, -0.15) is 8.78 Å². The lowest BCUT2D eigenvalue weighted by Crippen LogP contribution is -2.44. The third-order valence-electron chi connectivity index (χ3n) is 6.95. The van der Waals surface area contributed by atoms with Gasteiger partial charge in [-0.3, -0.25) is 9.69 Å². The molecule has 1 amide bonds. The number of carbonyl (C=O) groups is 1. The first-order valence-corrected chi connectivity index (χ1v) is 11.7. The van der Waals surface area contributed by atoms with Crippen molar-refractivity contribution in [3.8, 4) is 16.9 Å². The van der Waals surface area contributed by atoms with E-state index in [0.29, 0.717) is 44.1 Å². The minimum absolute atomic E-state index is 0.0578. The standard InChI is InChI=1S/C27H24F2N4O3/c1-17-31-21-8-6-18(10-22(21)32(17)13-20-4-2-3-5-23(20)36-26(28)29)19-7-9-24(30-12-19)33-14-27(11-25(33)34)15-35-16-27/h2-10,12,26H,11,13-16H2,1H3. The molecule has 2 aliphatic heterocycles. The summed E-state index contributed by atoms with van der Waals surface area (Å²) >= 11 is 0. The van der Waals surface area contributed by atoms with Crippen LogP contribution in [0.1, 0.15) is 17.8 Å². The summed E-state index contributed by atoms with van der Waals surface area (Å²) in [5, 5.41) is 0. The zero-order chi connectivity index (χ0) is 24.9. The third kappa shape index (κ3) is 3.99. The van der Waals surface area contributed by atoms with Gasteiger partial charge in [-0.1, -0.05) is 24.3 Å². The van der Waals surface area contributed by atoms with Crippen LogP contribution in [0.4, 0.5) is 14.6 Å². The number of imidazole rings is 1. The van der Waals surface area contributed by atoms with Crippen LogP contribution in [0.5, 0.6) is 5.75 Å². The van der Waals surface area contributed by atoms with Crippen molar-refractivity contribution in [3.05, 3.63) is 72.2 Å². The lowest BCUT2D eigenvalue weighted by atomic mass is 9.85. The van der Waals surface area contributed by atoms with Gasteiger partial charge < -0.3 is 14.0 Å². The highest BCUT2D eigenvalue weighted by Crippen LogP contribution is 2.40. The number of aryl methyl sites for hydroxylation is 1. The zero-order valence-corrected chi connectivity index (χ0v) is 19.7. The summed E-state index contributed by atoms with van der Waals surface area (Å²) in [5.41, 5.74) is 4.11. The number of amides is 1. The summed E-state index contributed by atoms with van der Waals surface area (Å²) in [6.45, 7) is 1.23. The van der Waals surface area contributed by atoms with Crippen LogP contribution in [-0.4, -0.2) is 46.8 Å². The number of hydrogen-bond acceptors (Lipinski definition) is 5. The number of para-hydroxylation sites is 1. The van der Waals surface area contributed by atoms with Crippen molar-refractivity contribution >= 4 is 22.8 Å². The number of hydrogen-bond donors (Lipinski definition) is 0. The Morgan fingerprint density at radius 3 is 2.61 bits per heavy atom. The van der Waals surface area contributed by atoms with Crippen molar-refractivity contribution in [1.82, 2.24) is 14.5 Å². The molecular formula is C27H24F2N4O3. The molecule has 9 heteroatoms. The molecule has 184 valence electrons. The maximum atomic E-state index is 12.9. The van der Waals surface area contributed by atoms with Crippen LogP contribution in [0.3, 0.4) is 0 Å². The van der Waals surface area contributed by atoms with Gasteiger partial charge in [0.05, 0.1) is 30.8 Å². The molecule has 0 unspecified atom stereocenters. The molecule has 1 spiro atoms. The number of anilines is 1. The average Bonchev–Trinajstić information content (AvgIpc) is 3.36. The number of carbonyl (C=O) groups excluding carboxylic acids is 1. The summed E-state index contributed by atoms with van der Waals surface area (Å²) in [5.74, 6) is 1.64. The average molecular weight is 491 g/mol. The predicted octanol–water partition coefficient (Wildman–Crippen LogP) is 4.81. The smallest absolute Gasteiger partial charge is 0.387 e. The zero-order valence-electron chi connectivity index (χ0n) is 19.7. The van der Waals surface area contributed by atoms with Gasteiger partial charge >= 0.3 is 6.61 Å². The molecule has 4 aromatic rings. The fourth-order valence-electron chi connectivity index (χ4n) is 5.04. The predicted molar refractivity (Wildman–Crippen MR) is 130 cm³/mol. The topological polar surface area (TPSA) is 69.5 Å². The van der Waals surface area contributed by atoms with Gasteiger partial charge in [-0.25, -0.2) is 9.97 Å². The van der Waals surface area contributed by atoms with Crippen LogP contribution >= 0.6 is 0 Å². The van der Waals surface area contributed by atoms with Crippen molar-refractivity contribution < 1.29 is 23.0 Å². The fourth-order valence-corrected chi connectivity index (χ4v) is 5.04. The molecule has 4 heterocycles. The van der Waals surface area contributed by atoms with Crippen LogP contribution in [0, 0.1) is 12.3 Å². The Morgan fingerprint density at radius 2 is 1.92 bits per heavy atom. The van der Waals surface area contributed by atoms with Gasteiger partial charge in [0, 0.05) is 35.7 Å². The second kappa shape index (κ2) is 8.67. The van der Waals surface area contributed by atoms with Gasteiger partial charge in [0.25, 0.3) is 0 Å². The van der Waals surface area contributed by atoms with E-state index in [-0.39, 0.29) is 17.1 Å².